The summed E-state index contributed by atoms with van der Waals surface area (Å²) in [4.78, 5) is 32.7. The smallest absolute Gasteiger partial charge is 0.245 e. The van der Waals surface area contributed by atoms with Crippen molar-refractivity contribution < 1.29 is 9.59 Å². The standard InChI is InChI=1S/C25H34N4O2/c1-17(2)23(28-24(30)18(3)26-4)25(31)29-15-9-14-22(29)21-13-8-12-20(27-21)16-19-10-6-5-7-11-19/h5-8,10-13,17-18,22-23,26H,9,14-16H2,1-4H3,(H,28,30)/t18-,22?,23-/m0/s1. The average molecular weight is 423 g/mol. The van der Waals surface area contributed by atoms with Gasteiger partial charge in [0.05, 0.1) is 17.8 Å². The van der Waals surface area contributed by atoms with Gasteiger partial charge in [0.1, 0.15) is 6.04 Å². The molecule has 2 amide bonds. The summed E-state index contributed by atoms with van der Waals surface area (Å²) in [6, 6.07) is 15.4. The molecule has 1 saturated heterocycles. The van der Waals surface area contributed by atoms with Gasteiger partial charge in [-0.15, -0.1) is 0 Å². The molecule has 3 atom stereocenters. The van der Waals surface area contributed by atoms with Crippen molar-refractivity contribution in [2.75, 3.05) is 13.6 Å². The Morgan fingerprint density at radius 2 is 1.84 bits per heavy atom. The molecule has 2 heterocycles. The fourth-order valence-electron chi connectivity index (χ4n) is 4.03. The molecule has 6 heteroatoms. The molecule has 1 aliphatic rings. The predicted octanol–water partition coefficient (Wildman–Crippen LogP) is 3.08. The second kappa shape index (κ2) is 10.5. The van der Waals surface area contributed by atoms with Gasteiger partial charge in [0.2, 0.25) is 11.8 Å². The number of benzene rings is 1. The highest BCUT2D eigenvalue weighted by Crippen LogP contribution is 2.32. The molecule has 0 spiro atoms. The number of nitrogens with zero attached hydrogens (tertiary/aromatic N) is 2. The van der Waals surface area contributed by atoms with Gasteiger partial charge in [-0.2, -0.15) is 0 Å². The number of carbonyl (C=O) groups excluding carboxylic acids is 2. The zero-order valence-electron chi connectivity index (χ0n) is 19.0. The first kappa shape index (κ1) is 22.9. The Morgan fingerprint density at radius 3 is 2.52 bits per heavy atom. The lowest BCUT2D eigenvalue weighted by Crippen LogP contribution is -2.54. The van der Waals surface area contributed by atoms with E-state index in [9.17, 15) is 9.59 Å². The fraction of sp³-hybridized carbons (Fsp3) is 0.480. The Morgan fingerprint density at radius 1 is 1.10 bits per heavy atom. The minimum atomic E-state index is -0.545. The van der Waals surface area contributed by atoms with Crippen LogP contribution in [0.2, 0.25) is 0 Å². The lowest BCUT2D eigenvalue weighted by atomic mass is 10.0. The molecular weight excluding hydrogens is 388 g/mol. The average Bonchev–Trinajstić information content (AvgIpc) is 3.27. The van der Waals surface area contributed by atoms with Crippen LogP contribution in [0.4, 0.5) is 0 Å². The first-order valence-corrected chi connectivity index (χ1v) is 11.2. The lowest BCUT2D eigenvalue weighted by Gasteiger charge is -2.31. The van der Waals surface area contributed by atoms with Crippen molar-refractivity contribution in [1.29, 1.82) is 0 Å². The largest absolute Gasteiger partial charge is 0.343 e. The summed E-state index contributed by atoms with van der Waals surface area (Å²) < 4.78 is 0. The summed E-state index contributed by atoms with van der Waals surface area (Å²) in [7, 11) is 1.74. The van der Waals surface area contributed by atoms with Crippen LogP contribution in [-0.2, 0) is 16.0 Å². The molecule has 1 aliphatic heterocycles. The number of nitrogens with one attached hydrogen (secondary N) is 2. The summed E-state index contributed by atoms with van der Waals surface area (Å²) in [5, 5.41) is 5.88. The maximum Gasteiger partial charge on any atom is 0.245 e. The van der Waals surface area contributed by atoms with E-state index in [1.54, 1.807) is 14.0 Å². The molecule has 1 aromatic heterocycles. The predicted molar refractivity (Wildman–Crippen MR) is 122 cm³/mol. The summed E-state index contributed by atoms with van der Waals surface area (Å²) in [6.45, 7) is 6.42. The number of amides is 2. The second-order valence-corrected chi connectivity index (χ2v) is 8.65. The van der Waals surface area contributed by atoms with Crippen LogP contribution in [0.15, 0.2) is 48.5 Å². The summed E-state index contributed by atoms with van der Waals surface area (Å²) >= 11 is 0. The number of hydrogen-bond acceptors (Lipinski definition) is 4. The van der Waals surface area contributed by atoms with Gasteiger partial charge < -0.3 is 15.5 Å². The zero-order chi connectivity index (χ0) is 22.4. The minimum Gasteiger partial charge on any atom is -0.343 e. The van der Waals surface area contributed by atoms with Gasteiger partial charge in [-0.25, -0.2) is 0 Å². The van der Waals surface area contributed by atoms with Crippen molar-refractivity contribution in [2.24, 2.45) is 5.92 Å². The van der Waals surface area contributed by atoms with Gasteiger partial charge in [-0.1, -0.05) is 50.2 Å². The van der Waals surface area contributed by atoms with E-state index in [1.807, 2.05) is 55.1 Å². The Labute approximate surface area is 185 Å². The van der Waals surface area contributed by atoms with Gasteiger partial charge in [-0.05, 0) is 50.4 Å². The van der Waals surface area contributed by atoms with E-state index < -0.39 is 6.04 Å². The topological polar surface area (TPSA) is 74.3 Å². The third kappa shape index (κ3) is 5.70. The quantitative estimate of drug-likeness (QED) is 0.686. The first-order valence-electron chi connectivity index (χ1n) is 11.2. The summed E-state index contributed by atoms with van der Waals surface area (Å²) in [5.74, 6) is -0.183. The number of likely N-dealkylation sites (tertiary alicyclic amines) is 1. The maximum absolute atomic E-state index is 13.5. The molecule has 1 aromatic carbocycles. The van der Waals surface area contributed by atoms with Gasteiger partial charge >= 0.3 is 0 Å². The highest BCUT2D eigenvalue weighted by Gasteiger charge is 2.37. The van der Waals surface area contributed by atoms with Gasteiger partial charge in [0, 0.05) is 18.7 Å². The third-order valence-electron chi connectivity index (χ3n) is 5.99. The van der Waals surface area contributed by atoms with Crippen LogP contribution in [0.25, 0.3) is 0 Å². The number of aromatic nitrogens is 1. The number of pyridine rings is 1. The van der Waals surface area contributed by atoms with E-state index in [0.717, 1.165) is 30.7 Å². The summed E-state index contributed by atoms with van der Waals surface area (Å²) in [6.07, 6.45) is 2.59. The number of hydrogen-bond donors (Lipinski definition) is 2. The third-order valence-corrected chi connectivity index (χ3v) is 5.99. The molecule has 6 nitrogen and oxygen atoms in total. The Bertz CT molecular complexity index is 884. The molecule has 2 aromatic rings. The minimum absolute atomic E-state index is 0.000805. The van der Waals surface area contributed by atoms with Gasteiger partial charge in [0.25, 0.3) is 0 Å². The Balaban J connectivity index is 1.77. The second-order valence-electron chi connectivity index (χ2n) is 8.65. The van der Waals surface area contributed by atoms with Crippen LogP contribution in [0.5, 0.6) is 0 Å². The van der Waals surface area contributed by atoms with E-state index in [1.165, 1.54) is 5.56 Å². The van der Waals surface area contributed by atoms with Gasteiger partial charge in [0.15, 0.2) is 0 Å². The molecule has 166 valence electrons. The highest BCUT2D eigenvalue weighted by atomic mass is 16.2. The van der Waals surface area contributed by atoms with E-state index in [0.29, 0.717) is 6.54 Å². The normalized spacial score (nSPS) is 18.1. The molecule has 0 radical (unpaired) electrons. The molecule has 3 rings (SSSR count). The van der Waals surface area contributed by atoms with Crippen LogP contribution >= 0.6 is 0 Å². The SMILES string of the molecule is CN[C@@H](C)C(=O)N[C@H](C(=O)N1CCCC1c1cccc(Cc2ccccc2)n1)C(C)C. The van der Waals surface area contributed by atoms with Crippen molar-refractivity contribution in [3.8, 4) is 0 Å². The van der Waals surface area contributed by atoms with E-state index in [-0.39, 0.29) is 29.8 Å². The van der Waals surface area contributed by atoms with Crippen molar-refractivity contribution in [3.05, 3.63) is 65.5 Å². The molecule has 31 heavy (non-hydrogen) atoms. The van der Waals surface area contributed by atoms with Crippen LogP contribution in [-0.4, -0.2) is 47.4 Å². The number of rotatable bonds is 8. The zero-order valence-corrected chi connectivity index (χ0v) is 19.0. The van der Waals surface area contributed by atoms with Crippen LogP contribution in [0, 0.1) is 5.92 Å². The molecule has 1 unspecified atom stereocenters. The van der Waals surface area contributed by atoms with Crippen LogP contribution < -0.4 is 10.6 Å². The van der Waals surface area contributed by atoms with Gasteiger partial charge in [-0.3, -0.25) is 14.6 Å². The molecular formula is C25H34N4O2. The Kier molecular flexibility index (Phi) is 7.80. The van der Waals surface area contributed by atoms with Crippen LogP contribution in [0.3, 0.4) is 0 Å². The number of likely N-dealkylation sites (N-methyl/N-ethyl adjacent to an activating group) is 1. The van der Waals surface area contributed by atoms with Crippen molar-refractivity contribution in [3.63, 3.8) is 0 Å². The molecule has 0 aliphatic carbocycles. The van der Waals surface area contributed by atoms with E-state index in [2.05, 4.69) is 22.8 Å². The first-order chi connectivity index (χ1) is 14.9. The molecule has 0 saturated carbocycles. The highest BCUT2D eigenvalue weighted by molar-refractivity contribution is 5.90. The fourth-order valence-corrected chi connectivity index (χ4v) is 4.03. The Hall–Kier alpha value is -2.73. The van der Waals surface area contributed by atoms with Crippen molar-refractivity contribution in [2.45, 2.75) is 58.2 Å². The van der Waals surface area contributed by atoms with Crippen molar-refractivity contribution in [1.82, 2.24) is 20.5 Å². The van der Waals surface area contributed by atoms with Crippen molar-refractivity contribution >= 4 is 11.8 Å². The monoisotopic (exact) mass is 422 g/mol. The molecule has 1 fully saturated rings. The molecule has 2 N–H and O–H groups in total. The number of carbonyl (C=O) groups is 2. The van der Waals surface area contributed by atoms with E-state index in [4.69, 9.17) is 4.98 Å². The lowest BCUT2D eigenvalue weighted by molar-refractivity contribution is -0.139. The molecule has 0 bridgehead atoms. The summed E-state index contributed by atoms with van der Waals surface area (Å²) in [5.41, 5.74) is 3.14. The maximum atomic E-state index is 13.5. The van der Waals surface area contributed by atoms with E-state index >= 15 is 0 Å². The van der Waals surface area contributed by atoms with Crippen LogP contribution in [0.1, 0.15) is 56.6 Å².